The van der Waals surface area contributed by atoms with Gasteiger partial charge in [0.25, 0.3) is 0 Å². The molecule has 11 heavy (non-hydrogen) atoms. The van der Waals surface area contributed by atoms with Crippen LogP contribution in [-0.2, 0) is 4.79 Å². The molecule has 0 atom stereocenters. The van der Waals surface area contributed by atoms with Crippen molar-refractivity contribution < 1.29 is 4.79 Å². The fourth-order valence-corrected chi connectivity index (χ4v) is 1.81. The van der Waals surface area contributed by atoms with Crippen LogP contribution in [0.1, 0.15) is 39.0 Å². The van der Waals surface area contributed by atoms with Gasteiger partial charge < -0.3 is 0 Å². The number of rotatable bonds is 1. The van der Waals surface area contributed by atoms with E-state index < -0.39 is 0 Å². The van der Waals surface area contributed by atoms with Crippen molar-refractivity contribution in [1.29, 1.82) is 0 Å². The van der Waals surface area contributed by atoms with Gasteiger partial charge in [-0.15, -0.1) is 0 Å². The minimum Gasteiger partial charge on any atom is -0.286 e. The number of amides is 1. The van der Waals surface area contributed by atoms with E-state index in [1.807, 2.05) is 0 Å². The van der Waals surface area contributed by atoms with Crippen LogP contribution < -0.4 is 0 Å². The zero-order chi connectivity index (χ0) is 8.27. The molecule has 1 saturated carbocycles. The van der Waals surface area contributed by atoms with Crippen LogP contribution >= 0.6 is 12.8 Å². The van der Waals surface area contributed by atoms with Crippen molar-refractivity contribution in [1.82, 2.24) is 4.31 Å². The Labute approximate surface area is 73.5 Å². The van der Waals surface area contributed by atoms with Gasteiger partial charge in [0.1, 0.15) is 0 Å². The number of carbonyl (C=O) groups is 1. The van der Waals surface area contributed by atoms with Gasteiger partial charge in [-0.2, -0.15) is 0 Å². The summed E-state index contributed by atoms with van der Waals surface area (Å²) in [5, 5.41) is 0. The Morgan fingerprint density at radius 2 is 1.91 bits per heavy atom. The first-order valence-corrected chi connectivity index (χ1v) is 4.60. The normalized spacial score (nSPS) is 19.8. The predicted octanol–water partition coefficient (Wildman–Crippen LogP) is 2.01. The fraction of sp³-hybridized carbons (Fsp3) is 0.875. The summed E-state index contributed by atoms with van der Waals surface area (Å²) in [6.07, 6.45) is 6.06. The third-order valence-corrected chi connectivity index (χ3v) is 2.85. The molecule has 0 aliphatic heterocycles. The van der Waals surface area contributed by atoms with Crippen molar-refractivity contribution in [3.8, 4) is 0 Å². The molecule has 1 rings (SSSR count). The molecule has 0 radical (unpaired) electrons. The molecule has 0 N–H and O–H groups in total. The van der Waals surface area contributed by atoms with Crippen LogP contribution in [0.25, 0.3) is 0 Å². The molecule has 1 aliphatic carbocycles. The fourth-order valence-electron chi connectivity index (χ4n) is 1.58. The summed E-state index contributed by atoms with van der Waals surface area (Å²) in [6, 6.07) is 0.393. The van der Waals surface area contributed by atoms with Crippen molar-refractivity contribution in [2.45, 2.75) is 45.1 Å². The number of thiol groups is 1. The molecule has 0 bridgehead atoms. The monoisotopic (exact) mass is 173 g/mol. The standard InChI is InChI=1S/C8H15NOS/c1-7(10)9(11)8-5-3-2-4-6-8/h8,11H,2-6H2,1H3. The average molecular weight is 173 g/mol. The quantitative estimate of drug-likeness (QED) is 0.601. The van der Waals surface area contributed by atoms with Gasteiger partial charge in [-0.3, -0.25) is 9.10 Å². The van der Waals surface area contributed by atoms with Crippen LogP contribution in [0.15, 0.2) is 0 Å². The first-order chi connectivity index (χ1) is 5.22. The largest absolute Gasteiger partial charge is 0.286 e. The van der Waals surface area contributed by atoms with Crippen LogP contribution in [0.2, 0.25) is 0 Å². The molecule has 3 heteroatoms. The lowest BCUT2D eigenvalue weighted by molar-refractivity contribution is -0.125. The minimum atomic E-state index is 0.0697. The Balaban J connectivity index is 2.38. The average Bonchev–Trinajstić information content (AvgIpc) is 2.05. The lowest BCUT2D eigenvalue weighted by Gasteiger charge is -2.28. The van der Waals surface area contributed by atoms with Crippen molar-refractivity contribution in [2.24, 2.45) is 0 Å². The lowest BCUT2D eigenvalue weighted by Crippen LogP contribution is -2.32. The molecule has 1 fully saturated rings. The highest BCUT2D eigenvalue weighted by atomic mass is 32.1. The molecular weight excluding hydrogens is 158 g/mol. The van der Waals surface area contributed by atoms with E-state index in [2.05, 4.69) is 12.8 Å². The van der Waals surface area contributed by atoms with E-state index in [4.69, 9.17) is 0 Å². The zero-order valence-corrected chi connectivity index (χ0v) is 7.81. The summed E-state index contributed by atoms with van der Waals surface area (Å²) in [4.78, 5) is 10.9. The SMILES string of the molecule is CC(=O)N(S)C1CCCCC1. The molecule has 0 heterocycles. The Hall–Kier alpha value is -0.180. The summed E-state index contributed by atoms with van der Waals surface area (Å²) in [5.74, 6) is 0.0697. The summed E-state index contributed by atoms with van der Waals surface area (Å²) >= 11 is 4.15. The molecule has 0 aromatic carbocycles. The molecule has 0 aromatic rings. The summed E-state index contributed by atoms with van der Waals surface area (Å²) in [7, 11) is 0. The summed E-state index contributed by atoms with van der Waals surface area (Å²) < 4.78 is 1.58. The highest BCUT2D eigenvalue weighted by Gasteiger charge is 2.20. The molecule has 0 saturated heterocycles. The van der Waals surface area contributed by atoms with E-state index in [1.165, 1.54) is 19.3 Å². The molecule has 0 spiro atoms. The maximum atomic E-state index is 10.9. The Morgan fingerprint density at radius 3 is 2.36 bits per heavy atom. The smallest absolute Gasteiger partial charge is 0.229 e. The van der Waals surface area contributed by atoms with Gasteiger partial charge in [0.2, 0.25) is 5.91 Å². The van der Waals surface area contributed by atoms with Crippen molar-refractivity contribution >= 4 is 18.7 Å². The second kappa shape index (κ2) is 4.00. The van der Waals surface area contributed by atoms with Gasteiger partial charge in [-0.25, -0.2) is 0 Å². The maximum Gasteiger partial charge on any atom is 0.229 e. The Morgan fingerprint density at radius 1 is 1.36 bits per heavy atom. The molecule has 64 valence electrons. The van der Waals surface area contributed by atoms with Crippen LogP contribution in [0.3, 0.4) is 0 Å². The first-order valence-electron chi connectivity index (χ1n) is 4.20. The van der Waals surface area contributed by atoms with Crippen LogP contribution in [0, 0.1) is 0 Å². The molecule has 1 aliphatic rings. The minimum absolute atomic E-state index is 0.0697. The van der Waals surface area contributed by atoms with Crippen LogP contribution in [-0.4, -0.2) is 16.3 Å². The predicted molar refractivity (Wildman–Crippen MR) is 48.4 cm³/mol. The van der Waals surface area contributed by atoms with Crippen molar-refractivity contribution in [3.63, 3.8) is 0 Å². The van der Waals surface area contributed by atoms with Crippen molar-refractivity contribution in [2.75, 3.05) is 0 Å². The second-order valence-electron chi connectivity index (χ2n) is 3.16. The molecule has 1 amide bonds. The highest BCUT2D eigenvalue weighted by Crippen LogP contribution is 2.23. The van der Waals surface area contributed by atoms with Gasteiger partial charge in [0, 0.05) is 13.0 Å². The van der Waals surface area contributed by atoms with Crippen LogP contribution in [0.5, 0.6) is 0 Å². The van der Waals surface area contributed by atoms with Gasteiger partial charge in [0.15, 0.2) is 0 Å². The van der Waals surface area contributed by atoms with Crippen molar-refractivity contribution in [3.05, 3.63) is 0 Å². The topological polar surface area (TPSA) is 20.3 Å². The van der Waals surface area contributed by atoms with Crippen LogP contribution in [0.4, 0.5) is 0 Å². The first kappa shape index (κ1) is 8.91. The molecule has 0 unspecified atom stereocenters. The number of hydrogen-bond donors (Lipinski definition) is 1. The Kier molecular flexibility index (Phi) is 3.24. The van der Waals surface area contributed by atoms with Gasteiger partial charge in [-0.05, 0) is 12.8 Å². The lowest BCUT2D eigenvalue weighted by atomic mass is 9.95. The maximum absolute atomic E-state index is 10.9. The summed E-state index contributed by atoms with van der Waals surface area (Å²) in [6.45, 7) is 1.57. The van der Waals surface area contributed by atoms with E-state index in [0.29, 0.717) is 6.04 Å². The third-order valence-electron chi connectivity index (χ3n) is 2.24. The van der Waals surface area contributed by atoms with E-state index in [0.717, 1.165) is 12.8 Å². The number of carbonyl (C=O) groups excluding carboxylic acids is 1. The summed E-state index contributed by atoms with van der Waals surface area (Å²) in [5.41, 5.74) is 0. The molecular formula is C8H15NOS. The van der Waals surface area contributed by atoms with E-state index in [9.17, 15) is 4.79 Å². The van der Waals surface area contributed by atoms with Gasteiger partial charge >= 0.3 is 0 Å². The van der Waals surface area contributed by atoms with Gasteiger partial charge in [0.05, 0.1) is 0 Å². The number of nitrogens with zero attached hydrogens (tertiary/aromatic N) is 1. The number of hydrogen-bond acceptors (Lipinski definition) is 2. The second-order valence-corrected chi connectivity index (χ2v) is 3.59. The molecule has 0 aromatic heterocycles. The van der Waals surface area contributed by atoms with E-state index >= 15 is 0 Å². The van der Waals surface area contributed by atoms with E-state index in [1.54, 1.807) is 11.2 Å². The third kappa shape index (κ3) is 2.40. The Bertz CT molecular complexity index is 143. The highest BCUT2D eigenvalue weighted by molar-refractivity contribution is 7.78. The van der Waals surface area contributed by atoms with Gasteiger partial charge in [-0.1, -0.05) is 32.1 Å². The van der Waals surface area contributed by atoms with E-state index in [-0.39, 0.29) is 5.91 Å². The molecule has 2 nitrogen and oxygen atoms in total. The zero-order valence-electron chi connectivity index (χ0n) is 6.92.